The maximum Gasteiger partial charge on any atom is 0.314 e. The van der Waals surface area contributed by atoms with Crippen LogP contribution in [0.2, 0.25) is 0 Å². The summed E-state index contributed by atoms with van der Waals surface area (Å²) in [4.78, 5) is 12.5. The van der Waals surface area contributed by atoms with Crippen LogP contribution in [-0.4, -0.2) is 24.5 Å². The topological polar surface area (TPSA) is 46.3 Å². The van der Waals surface area contributed by atoms with E-state index in [1.165, 1.54) is 21.2 Å². The molecule has 0 saturated heterocycles. The fourth-order valence-electron chi connectivity index (χ4n) is 1.91. The van der Waals surface area contributed by atoms with Crippen LogP contribution < -0.4 is 5.73 Å². The maximum absolute atomic E-state index is 10.9. The third kappa shape index (κ3) is 2.56. The number of benzene rings is 2. The van der Waals surface area contributed by atoms with E-state index in [-0.39, 0.29) is 6.03 Å². The summed E-state index contributed by atoms with van der Waals surface area (Å²) in [6.45, 7) is 0.642. The molecule has 0 unspecified atom stereocenters. The lowest BCUT2D eigenvalue weighted by Gasteiger charge is -2.14. The lowest BCUT2D eigenvalue weighted by molar-refractivity contribution is 0.219. The van der Waals surface area contributed by atoms with Crippen LogP contribution in [0.1, 0.15) is 5.56 Å². The molecule has 2 aromatic carbocycles. The van der Waals surface area contributed by atoms with E-state index in [0.29, 0.717) is 6.54 Å². The lowest BCUT2D eigenvalue weighted by atomic mass is 10.0. The minimum Gasteiger partial charge on any atom is -0.351 e. The molecule has 88 valence electrons. The summed E-state index contributed by atoms with van der Waals surface area (Å²) in [5.41, 5.74) is 6.45. The van der Waals surface area contributed by atoms with Gasteiger partial charge in [-0.05, 0) is 22.8 Å². The first-order chi connectivity index (χ1) is 8.18. The number of hydrogen-bond acceptors (Lipinski definition) is 1. The van der Waals surface area contributed by atoms with Crippen LogP contribution in [0.5, 0.6) is 0 Å². The van der Waals surface area contributed by atoms with Crippen molar-refractivity contribution in [2.75, 3.05) is 13.6 Å². The van der Waals surface area contributed by atoms with Crippen molar-refractivity contribution >= 4 is 16.8 Å². The number of primary amides is 1. The predicted molar refractivity (Wildman–Crippen MR) is 69.9 cm³/mol. The molecule has 0 aliphatic heterocycles. The largest absolute Gasteiger partial charge is 0.351 e. The summed E-state index contributed by atoms with van der Waals surface area (Å²) in [5.74, 6) is 0. The molecule has 0 heterocycles. The smallest absolute Gasteiger partial charge is 0.314 e. The van der Waals surface area contributed by atoms with Crippen molar-refractivity contribution in [2.45, 2.75) is 6.42 Å². The van der Waals surface area contributed by atoms with Crippen molar-refractivity contribution in [1.82, 2.24) is 4.90 Å². The highest BCUT2D eigenvalue weighted by atomic mass is 16.2. The molecule has 0 radical (unpaired) electrons. The molecular weight excluding hydrogens is 212 g/mol. The molecule has 0 bridgehead atoms. The van der Waals surface area contributed by atoms with E-state index in [2.05, 4.69) is 24.3 Å². The van der Waals surface area contributed by atoms with Gasteiger partial charge in [0.1, 0.15) is 0 Å². The average Bonchev–Trinajstić information content (AvgIpc) is 2.35. The van der Waals surface area contributed by atoms with Crippen molar-refractivity contribution in [1.29, 1.82) is 0 Å². The summed E-state index contributed by atoms with van der Waals surface area (Å²) < 4.78 is 0. The Morgan fingerprint density at radius 2 is 1.88 bits per heavy atom. The van der Waals surface area contributed by atoms with Gasteiger partial charge in [0.05, 0.1) is 0 Å². The first kappa shape index (κ1) is 11.5. The number of hydrogen-bond donors (Lipinski definition) is 1. The summed E-state index contributed by atoms with van der Waals surface area (Å²) in [7, 11) is 1.72. The second-order valence-electron chi connectivity index (χ2n) is 4.15. The Balaban J connectivity index is 2.21. The van der Waals surface area contributed by atoms with Gasteiger partial charge in [0.15, 0.2) is 0 Å². The zero-order valence-electron chi connectivity index (χ0n) is 9.89. The summed E-state index contributed by atoms with van der Waals surface area (Å²) >= 11 is 0. The highest BCUT2D eigenvalue weighted by Gasteiger charge is 2.05. The molecule has 17 heavy (non-hydrogen) atoms. The number of amides is 2. The minimum atomic E-state index is -0.384. The Bertz CT molecular complexity index is 531. The van der Waals surface area contributed by atoms with Crippen molar-refractivity contribution in [3.63, 3.8) is 0 Å². The standard InChI is InChI=1S/C14H16N2O/c1-16(14(15)17)10-9-12-7-4-6-11-5-2-3-8-13(11)12/h2-8H,9-10H2,1H3,(H2,15,17). The number of rotatable bonds is 3. The molecule has 0 aliphatic rings. The monoisotopic (exact) mass is 228 g/mol. The summed E-state index contributed by atoms with van der Waals surface area (Å²) in [5, 5.41) is 2.47. The summed E-state index contributed by atoms with van der Waals surface area (Å²) in [6.07, 6.45) is 0.820. The van der Waals surface area contributed by atoms with Gasteiger partial charge in [0.2, 0.25) is 0 Å². The molecule has 0 atom stereocenters. The van der Waals surface area contributed by atoms with Crippen LogP contribution in [0.4, 0.5) is 4.79 Å². The third-order valence-electron chi connectivity index (χ3n) is 2.97. The molecule has 0 spiro atoms. The molecule has 2 N–H and O–H groups in total. The number of urea groups is 1. The fourth-order valence-corrected chi connectivity index (χ4v) is 1.91. The van der Waals surface area contributed by atoms with Crippen molar-refractivity contribution < 1.29 is 4.79 Å². The molecule has 3 heteroatoms. The molecule has 0 aliphatic carbocycles. The van der Waals surface area contributed by atoms with E-state index in [4.69, 9.17) is 5.73 Å². The van der Waals surface area contributed by atoms with Gasteiger partial charge >= 0.3 is 6.03 Å². The number of carbonyl (C=O) groups excluding carboxylic acids is 1. The number of nitrogens with zero attached hydrogens (tertiary/aromatic N) is 1. The van der Waals surface area contributed by atoms with E-state index in [1.807, 2.05) is 18.2 Å². The Kier molecular flexibility index (Phi) is 3.28. The van der Waals surface area contributed by atoms with E-state index in [9.17, 15) is 4.79 Å². The highest BCUT2D eigenvalue weighted by molar-refractivity contribution is 5.85. The van der Waals surface area contributed by atoms with E-state index in [0.717, 1.165) is 6.42 Å². The number of fused-ring (bicyclic) bond motifs is 1. The highest BCUT2D eigenvalue weighted by Crippen LogP contribution is 2.18. The van der Waals surface area contributed by atoms with Gasteiger partial charge in [0.25, 0.3) is 0 Å². The van der Waals surface area contributed by atoms with Crippen LogP contribution in [0.3, 0.4) is 0 Å². The Morgan fingerprint density at radius 1 is 1.18 bits per heavy atom. The normalized spacial score (nSPS) is 10.4. The van der Waals surface area contributed by atoms with Crippen LogP contribution in [0.15, 0.2) is 42.5 Å². The van der Waals surface area contributed by atoms with E-state index < -0.39 is 0 Å². The van der Waals surface area contributed by atoms with Crippen molar-refractivity contribution in [3.05, 3.63) is 48.0 Å². The zero-order valence-corrected chi connectivity index (χ0v) is 9.89. The number of likely N-dealkylation sites (N-methyl/N-ethyl adjacent to an activating group) is 1. The van der Waals surface area contributed by atoms with Gasteiger partial charge in [0, 0.05) is 13.6 Å². The Morgan fingerprint density at radius 3 is 2.65 bits per heavy atom. The van der Waals surface area contributed by atoms with Crippen LogP contribution in [-0.2, 0) is 6.42 Å². The molecule has 2 rings (SSSR count). The van der Waals surface area contributed by atoms with Crippen LogP contribution in [0, 0.1) is 0 Å². The average molecular weight is 228 g/mol. The van der Waals surface area contributed by atoms with E-state index in [1.54, 1.807) is 7.05 Å². The zero-order chi connectivity index (χ0) is 12.3. The predicted octanol–water partition coefficient (Wildman–Crippen LogP) is 2.39. The van der Waals surface area contributed by atoms with Gasteiger partial charge in [-0.25, -0.2) is 4.79 Å². The quantitative estimate of drug-likeness (QED) is 0.861. The molecule has 0 fully saturated rings. The van der Waals surface area contributed by atoms with Gasteiger partial charge in [-0.15, -0.1) is 0 Å². The Hall–Kier alpha value is -2.03. The van der Waals surface area contributed by atoms with Crippen molar-refractivity contribution in [3.8, 4) is 0 Å². The van der Waals surface area contributed by atoms with Crippen molar-refractivity contribution in [2.24, 2.45) is 5.73 Å². The van der Waals surface area contributed by atoms with Gasteiger partial charge in [-0.2, -0.15) is 0 Å². The molecule has 2 amide bonds. The fraction of sp³-hybridized carbons (Fsp3) is 0.214. The van der Waals surface area contributed by atoms with E-state index >= 15 is 0 Å². The lowest BCUT2D eigenvalue weighted by Crippen LogP contribution is -2.33. The van der Waals surface area contributed by atoms with Gasteiger partial charge in [-0.1, -0.05) is 42.5 Å². The third-order valence-corrected chi connectivity index (χ3v) is 2.97. The Labute approximate surface area is 101 Å². The SMILES string of the molecule is CN(CCc1cccc2ccccc12)C(N)=O. The first-order valence-electron chi connectivity index (χ1n) is 5.65. The molecule has 0 saturated carbocycles. The number of carbonyl (C=O) groups is 1. The number of nitrogens with two attached hydrogens (primary N) is 1. The second kappa shape index (κ2) is 4.87. The maximum atomic E-state index is 10.9. The molecule has 3 nitrogen and oxygen atoms in total. The molecular formula is C14H16N2O. The molecule has 0 aromatic heterocycles. The minimum absolute atomic E-state index is 0.384. The van der Waals surface area contributed by atoms with Gasteiger partial charge in [-0.3, -0.25) is 0 Å². The van der Waals surface area contributed by atoms with Crippen LogP contribution >= 0.6 is 0 Å². The van der Waals surface area contributed by atoms with Crippen LogP contribution in [0.25, 0.3) is 10.8 Å². The first-order valence-corrected chi connectivity index (χ1v) is 5.65. The second-order valence-corrected chi connectivity index (χ2v) is 4.15. The molecule has 2 aromatic rings. The summed E-state index contributed by atoms with van der Waals surface area (Å²) in [6, 6.07) is 14.1. The van der Waals surface area contributed by atoms with Gasteiger partial charge < -0.3 is 10.6 Å².